The first-order valence-corrected chi connectivity index (χ1v) is 10.2. The van der Waals surface area contributed by atoms with Crippen LogP contribution in [0.25, 0.3) is 0 Å². The maximum absolute atomic E-state index is 12.4. The van der Waals surface area contributed by atoms with Crippen LogP contribution in [0.4, 0.5) is 5.69 Å². The summed E-state index contributed by atoms with van der Waals surface area (Å²) in [6, 6.07) is 19.0. The predicted molar refractivity (Wildman–Crippen MR) is 112 cm³/mol. The minimum Gasteiger partial charge on any atom is -0.497 e. The van der Waals surface area contributed by atoms with E-state index in [2.05, 4.69) is 9.73 Å². The Labute approximate surface area is 174 Å². The molecule has 7 nitrogen and oxygen atoms in total. The number of nitrogens with zero attached hydrogens (tertiary/aromatic N) is 1. The molecule has 30 heavy (non-hydrogen) atoms. The Morgan fingerprint density at radius 2 is 1.43 bits per heavy atom. The molecule has 154 valence electrons. The highest BCUT2D eigenvalue weighted by Crippen LogP contribution is 2.21. The molecule has 0 amide bonds. The third kappa shape index (κ3) is 5.24. The maximum Gasteiger partial charge on any atom is 0.339 e. The van der Waals surface area contributed by atoms with E-state index in [9.17, 15) is 13.2 Å². The number of esters is 1. The maximum atomic E-state index is 12.4. The Balaban J connectivity index is 1.67. The number of methoxy groups -OCH3 is 2. The Kier molecular flexibility index (Phi) is 6.48. The molecule has 8 heteroatoms. The van der Waals surface area contributed by atoms with Crippen LogP contribution in [0.1, 0.15) is 15.9 Å². The second-order valence-electron chi connectivity index (χ2n) is 6.08. The Bertz CT molecular complexity index is 1140. The zero-order chi connectivity index (χ0) is 21.6. The van der Waals surface area contributed by atoms with E-state index >= 15 is 0 Å². The first kappa shape index (κ1) is 21.1. The summed E-state index contributed by atoms with van der Waals surface area (Å²) >= 11 is 0. The van der Waals surface area contributed by atoms with Crippen molar-refractivity contribution in [1.82, 2.24) is 0 Å². The first-order valence-electron chi connectivity index (χ1n) is 8.82. The Morgan fingerprint density at radius 3 is 2.00 bits per heavy atom. The summed E-state index contributed by atoms with van der Waals surface area (Å²) in [7, 11) is -1.12. The smallest absolute Gasteiger partial charge is 0.339 e. The largest absolute Gasteiger partial charge is 0.497 e. The number of carbonyl (C=O) groups is 1. The van der Waals surface area contributed by atoms with Crippen LogP contribution in [-0.2, 0) is 14.9 Å². The standard InChI is InChI=1S/C22H19NO6S/c1-27-19-11-13-21(14-12-19)30(25,26)29-20-9-3-16(4-10-20)15-23-18-7-5-17(6-8-18)22(24)28-2/h3-15H,1-2H3. The van der Waals surface area contributed by atoms with E-state index in [0.29, 0.717) is 17.0 Å². The van der Waals surface area contributed by atoms with Crippen LogP contribution in [0.5, 0.6) is 11.5 Å². The van der Waals surface area contributed by atoms with Gasteiger partial charge in [-0.2, -0.15) is 8.42 Å². The van der Waals surface area contributed by atoms with Crippen molar-refractivity contribution in [3.05, 3.63) is 83.9 Å². The molecule has 0 aliphatic heterocycles. The van der Waals surface area contributed by atoms with Crippen molar-refractivity contribution in [2.45, 2.75) is 4.90 Å². The molecule has 0 saturated carbocycles. The van der Waals surface area contributed by atoms with Crippen molar-refractivity contribution >= 4 is 28.0 Å². The average molecular weight is 425 g/mol. The van der Waals surface area contributed by atoms with Crippen LogP contribution in [0.2, 0.25) is 0 Å². The second-order valence-corrected chi connectivity index (χ2v) is 7.62. The van der Waals surface area contributed by atoms with Crippen molar-refractivity contribution < 1.29 is 26.9 Å². The molecular weight excluding hydrogens is 406 g/mol. The molecule has 0 N–H and O–H groups in total. The first-order chi connectivity index (χ1) is 14.4. The number of ether oxygens (including phenoxy) is 2. The highest BCUT2D eigenvalue weighted by atomic mass is 32.2. The molecule has 0 saturated heterocycles. The monoisotopic (exact) mass is 425 g/mol. The van der Waals surface area contributed by atoms with E-state index in [1.807, 2.05) is 0 Å². The summed E-state index contributed by atoms with van der Waals surface area (Å²) in [5.41, 5.74) is 1.85. The molecule has 0 unspecified atom stereocenters. The van der Waals surface area contributed by atoms with Gasteiger partial charge in [0.05, 0.1) is 25.5 Å². The normalized spacial score (nSPS) is 11.3. The Hall–Kier alpha value is -3.65. The fourth-order valence-corrected chi connectivity index (χ4v) is 3.41. The molecule has 0 bridgehead atoms. The van der Waals surface area contributed by atoms with Gasteiger partial charge in [-0.15, -0.1) is 0 Å². The quantitative estimate of drug-likeness (QED) is 0.323. The number of rotatable bonds is 7. The molecule has 0 aromatic heterocycles. The number of carbonyl (C=O) groups excluding carboxylic acids is 1. The molecular formula is C22H19NO6S. The molecule has 0 aliphatic rings. The van der Waals surface area contributed by atoms with Gasteiger partial charge in [-0.25, -0.2) is 4.79 Å². The van der Waals surface area contributed by atoms with Gasteiger partial charge in [0.1, 0.15) is 16.4 Å². The minimum absolute atomic E-state index is 0.0318. The second kappa shape index (κ2) is 9.23. The highest BCUT2D eigenvalue weighted by Gasteiger charge is 2.16. The molecule has 0 aliphatic carbocycles. The van der Waals surface area contributed by atoms with Gasteiger partial charge in [0.2, 0.25) is 0 Å². The van der Waals surface area contributed by atoms with E-state index in [4.69, 9.17) is 8.92 Å². The third-order valence-corrected chi connectivity index (χ3v) is 5.35. The summed E-state index contributed by atoms with van der Waals surface area (Å²) in [6.45, 7) is 0. The molecule has 0 atom stereocenters. The molecule has 3 rings (SSSR count). The summed E-state index contributed by atoms with van der Waals surface area (Å²) in [5.74, 6) is 0.327. The van der Waals surface area contributed by atoms with Crippen LogP contribution < -0.4 is 8.92 Å². The van der Waals surface area contributed by atoms with E-state index in [-0.39, 0.29) is 10.6 Å². The van der Waals surface area contributed by atoms with Crippen LogP contribution >= 0.6 is 0 Å². The summed E-state index contributed by atoms with van der Waals surface area (Å²) in [5, 5.41) is 0. The van der Waals surface area contributed by atoms with Crippen molar-refractivity contribution in [1.29, 1.82) is 0 Å². The topological polar surface area (TPSA) is 91.3 Å². The molecule has 0 radical (unpaired) electrons. The van der Waals surface area contributed by atoms with E-state index < -0.39 is 16.1 Å². The molecule has 3 aromatic carbocycles. The van der Waals surface area contributed by atoms with Gasteiger partial charge in [-0.05, 0) is 78.4 Å². The van der Waals surface area contributed by atoms with E-state index in [0.717, 1.165) is 5.56 Å². The van der Waals surface area contributed by atoms with E-state index in [1.165, 1.54) is 26.4 Å². The number of aliphatic imine (C=N–C) groups is 1. The molecule has 3 aromatic rings. The minimum atomic E-state index is -3.95. The third-order valence-electron chi connectivity index (χ3n) is 4.09. The van der Waals surface area contributed by atoms with Crippen LogP contribution in [-0.4, -0.2) is 34.8 Å². The highest BCUT2D eigenvalue weighted by molar-refractivity contribution is 7.87. The van der Waals surface area contributed by atoms with Gasteiger partial charge >= 0.3 is 16.1 Å². The number of benzene rings is 3. The van der Waals surface area contributed by atoms with E-state index in [1.54, 1.807) is 66.9 Å². The van der Waals surface area contributed by atoms with Crippen LogP contribution in [0.3, 0.4) is 0 Å². The van der Waals surface area contributed by atoms with Gasteiger partial charge in [0, 0.05) is 6.21 Å². The zero-order valence-corrected chi connectivity index (χ0v) is 17.1. The van der Waals surface area contributed by atoms with Crippen molar-refractivity contribution in [2.24, 2.45) is 4.99 Å². The average Bonchev–Trinajstić information content (AvgIpc) is 2.78. The Morgan fingerprint density at radius 1 is 0.833 bits per heavy atom. The van der Waals surface area contributed by atoms with Crippen molar-refractivity contribution in [3.63, 3.8) is 0 Å². The summed E-state index contributed by atoms with van der Waals surface area (Å²) in [4.78, 5) is 15.8. The lowest BCUT2D eigenvalue weighted by Gasteiger charge is -2.08. The van der Waals surface area contributed by atoms with Gasteiger partial charge in [0.15, 0.2) is 0 Å². The zero-order valence-electron chi connectivity index (χ0n) is 16.3. The van der Waals surface area contributed by atoms with Gasteiger partial charge in [-0.1, -0.05) is 0 Å². The molecule has 0 fully saturated rings. The van der Waals surface area contributed by atoms with Crippen LogP contribution in [0, 0.1) is 0 Å². The lowest BCUT2D eigenvalue weighted by atomic mass is 10.2. The summed E-state index contributed by atoms with van der Waals surface area (Å²) in [6.07, 6.45) is 1.62. The lowest BCUT2D eigenvalue weighted by molar-refractivity contribution is 0.0600. The predicted octanol–water partition coefficient (Wildman–Crippen LogP) is 4.00. The van der Waals surface area contributed by atoms with Crippen LogP contribution in [0.15, 0.2) is 82.7 Å². The number of hydrogen-bond donors (Lipinski definition) is 0. The van der Waals surface area contributed by atoms with Crippen molar-refractivity contribution in [3.8, 4) is 11.5 Å². The molecule has 0 spiro atoms. The fourth-order valence-electron chi connectivity index (χ4n) is 2.48. The SMILES string of the molecule is COC(=O)c1ccc(N=Cc2ccc(OS(=O)(=O)c3ccc(OC)cc3)cc2)cc1. The van der Waals surface area contributed by atoms with Gasteiger partial charge in [-0.3, -0.25) is 4.99 Å². The van der Waals surface area contributed by atoms with Gasteiger partial charge < -0.3 is 13.7 Å². The van der Waals surface area contributed by atoms with Crippen molar-refractivity contribution in [2.75, 3.05) is 14.2 Å². The lowest BCUT2D eigenvalue weighted by Crippen LogP contribution is -2.09. The molecule has 0 heterocycles. The fraction of sp³-hybridized carbons (Fsp3) is 0.0909. The number of hydrogen-bond acceptors (Lipinski definition) is 7. The summed E-state index contributed by atoms with van der Waals surface area (Å²) < 4.78 is 39.6. The van der Waals surface area contributed by atoms with Gasteiger partial charge in [0.25, 0.3) is 0 Å².